The van der Waals surface area contributed by atoms with Crippen molar-refractivity contribution in [3.8, 4) is 5.75 Å². The maximum atomic E-state index is 12.8. The van der Waals surface area contributed by atoms with E-state index in [9.17, 15) is 14.9 Å². The standard InChI is InChI=1S/C18H21N3O5/c1-12-4-7-17(26-3)16(10-12)20-18(22)14-11-13(21(23)24)5-6-15(14)19-8-9-25-2/h4-7,10-11,19H,8-9H2,1-3H3,(H,20,22). The maximum absolute atomic E-state index is 12.8. The van der Waals surface area contributed by atoms with Gasteiger partial charge in [0.1, 0.15) is 5.75 Å². The molecule has 1 amide bonds. The lowest BCUT2D eigenvalue weighted by Crippen LogP contribution is -2.17. The minimum Gasteiger partial charge on any atom is -0.495 e. The molecule has 2 rings (SSSR count). The second-order valence-corrected chi connectivity index (χ2v) is 5.56. The molecule has 0 bridgehead atoms. The zero-order valence-corrected chi connectivity index (χ0v) is 14.9. The Morgan fingerprint density at radius 1 is 1.15 bits per heavy atom. The molecule has 0 unspecified atom stereocenters. The van der Waals surface area contributed by atoms with E-state index in [0.29, 0.717) is 30.3 Å². The van der Waals surface area contributed by atoms with E-state index in [1.54, 1.807) is 19.2 Å². The number of aryl methyl sites for hydroxylation is 1. The number of nitrogens with one attached hydrogen (secondary N) is 2. The Bertz CT molecular complexity index is 807. The first kappa shape index (κ1) is 19.2. The molecule has 8 heteroatoms. The van der Waals surface area contributed by atoms with Gasteiger partial charge in [0.05, 0.1) is 29.9 Å². The van der Waals surface area contributed by atoms with Gasteiger partial charge in [-0.15, -0.1) is 0 Å². The summed E-state index contributed by atoms with van der Waals surface area (Å²) in [5.74, 6) is 0.0285. The third-order valence-corrected chi connectivity index (χ3v) is 3.68. The molecular formula is C18H21N3O5. The molecule has 0 atom stereocenters. The van der Waals surface area contributed by atoms with Crippen molar-refractivity contribution in [2.24, 2.45) is 0 Å². The van der Waals surface area contributed by atoms with E-state index in [4.69, 9.17) is 9.47 Å². The summed E-state index contributed by atoms with van der Waals surface area (Å²) in [6.07, 6.45) is 0. The Morgan fingerprint density at radius 3 is 2.58 bits per heavy atom. The number of non-ortho nitro benzene ring substituents is 1. The molecule has 2 N–H and O–H groups in total. The van der Waals surface area contributed by atoms with Crippen molar-refractivity contribution < 1.29 is 19.2 Å². The molecule has 0 aromatic heterocycles. The van der Waals surface area contributed by atoms with Crippen LogP contribution in [0, 0.1) is 17.0 Å². The molecule has 26 heavy (non-hydrogen) atoms. The molecule has 0 aliphatic heterocycles. The van der Waals surface area contributed by atoms with Crippen LogP contribution in [0.15, 0.2) is 36.4 Å². The lowest BCUT2D eigenvalue weighted by Gasteiger charge is -2.14. The molecule has 0 heterocycles. The first-order valence-electron chi connectivity index (χ1n) is 7.93. The lowest BCUT2D eigenvalue weighted by atomic mass is 10.1. The van der Waals surface area contributed by atoms with Crippen molar-refractivity contribution in [1.29, 1.82) is 0 Å². The average Bonchev–Trinajstić information content (AvgIpc) is 2.62. The van der Waals surface area contributed by atoms with Gasteiger partial charge in [-0.05, 0) is 30.7 Å². The summed E-state index contributed by atoms with van der Waals surface area (Å²) in [5, 5.41) is 16.9. The van der Waals surface area contributed by atoms with Crippen LogP contribution in [0.1, 0.15) is 15.9 Å². The van der Waals surface area contributed by atoms with E-state index >= 15 is 0 Å². The van der Waals surface area contributed by atoms with Crippen LogP contribution in [-0.4, -0.2) is 38.2 Å². The summed E-state index contributed by atoms with van der Waals surface area (Å²) in [6.45, 7) is 2.78. The number of nitrogens with zero attached hydrogens (tertiary/aromatic N) is 1. The number of benzene rings is 2. The van der Waals surface area contributed by atoms with E-state index in [1.165, 1.54) is 25.3 Å². The van der Waals surface area contributed by atoms with E-state index < -0.39 is 10.8 Å². The Hall–Kier alpha value is -3.13. The quantitative estimate of drug-likeness (QED) is 0.426. The van der Waals surface area contributed by atoms with Crippen molar-refractivity contribution in [2.45, 2.75) is 6.92 Å². The minimum absolute atomic E-state index is 0.163. The number of methoxy groups -OCH3 is 2. The molecule has 0 fully saturated rings. The molecule has 2 aromatic carbocycles. The second kappa shape index (κ2) is 8.82. The number of anilines is 2. The van der Waals surface area contributed by atoms with Gasteiger partial charge in [0, 0.05) is 31.5 Å². The average molecular weight is 359 g/mol. The summed E-state index contributed by atoms with van der Waals surface area (Å²) in [6, 6.07) is 9.48. The largest absolute Gasteiger partial charge is 0.495 e. The number of rotatable bonds is 8. The maximum Gasteiger partial charge on any atom is 0.270 e. The number of nitro groups is 1. The number of ether oxygens (including phenoxy) is 2. The highest BCUT2D eigenvalue weighted by Gasteiger charge is 2.18. The van der Waals surface area contributed by atoms with Gasteiger partial charge in [-0.2, -0.15) is 0 Å². The highest BCUT2D eigenvalue weighted by atomic mass is 16.6. The molecule has 0 saturated carbocycles. The molecule has 0 aliphatic rings. The zero-order chi connectivity index (χ0) is 19.1. The van der Waals surface area contributed by atoms with Gasteiger partial charge in [-0.1, -0.05) is 6.07 Å². The van der Waals surface area contributed by atoms with Crippen LogP contribution in [0.2, 0.25) is 0 Å². The van der Waals surface area contributed by atoms with Crippen molar-refractivity contribution in [3.05, 3.63) is 57.6 Å². The molecule has 2 aromatic rings. The highest BCUT2D eigenvalue weighted by Crippen LogP contribution is 2.28. The Morgan fingerprint density at radius 2 is 1.92 bits per heavy atom. The molecular weight excluding hydrogens is 338 g/mol. The smallest absolute Gasteiger partial charge is 0.270 e. The minimum atomic E-state index is -0.539. The van der Waals surface area contributed by atoms with Gasteiger partial charge in [0.25, 0.3) is 11.6 Å². The summed E-state index contributed by atoms with van der Waals surface area (Å²) >= 11 is 0. The molecule has 0 spiro atoms. The number of amides is 1. The summed E-state index contributed by atoms with van der Waals surface area (Å²) < 4.78 is 10.2. The van der Waals surface area contributed by atoms with Gasteiger partial charge in [0.2, 0.25) is 0 Å². The Labute approximate surface area is 151 Å². The van der Waals surface area contributed by atoms with E-state index in [1.807, 2.05) is 13.0 Å². The summed E-state index contributed by atoms with van der Waals surface area (Å²) in [7, 11) is 3.07. The van der Waals surface area contributed by atoms with E-state index in [0.717, 1.165) is 5.56 Å². The van der Waals surface area contributed by atoms with E-state index in [-0.39, 0.29) is 11.3 Å². The van der Waals surface area contributed by atoms with Crippen LogP contribution < -0.4 is 15.4 Å². The predicted octanol–water partition coefficient (Wildman–Crippen LogP) is 3.22. The highest BCUT2D eigenvalue weighted by molar-refractivity contribution is 6.09. The fourth-order valence-corrected chi connectivity index (χ4v) is 2.38. The second-order valence-electron chi connectivity index (χ2n) is 5.56. The monoisotopic (exact) mass is 359 g/mol. The molecule has 0 saturated heterocycles. The number of hydrogen-bond acceptors (Lipinski definition) is 6. The predicted molar refractivity (Wildman–Crippen MR) is 99.1 cm³/mol. The first-order valence-corrected chi connectivity index (χ1v) is 7.93. The molecule has 0 radical (unpaired) electrons. The van der Waals surface area contributed by atoms with Crippen LogP contribution in [0.4, 0.5) is 17.1 Å². The summed E-state index contributed by atoms with van der Waals surface area (Å²) in [4.78, 5) is 23.3. The van der Waals surface area contributed by atoms with E-state index in [2.05, 4.69) is 10.6 Å². The number of nitro benzene ring substituents is 1. The van der Waals surface area contributed by atoms with Crippen LogP contribution in [0.5, 0.6) is 5.75 Å². The van der Waals surface area contributed by atoms with Gasteiger partial charge in [0.15, 0.2) is 0 Å². The summed E-state index contributed by atoms with van der Waals surface area (Å²) in [5.41, 5.74) is 1.92. The van der Waals surface area contributed by atoms with Crippen LogP contribution in [-0.2, 0) is 4.74 Å². The number of hydrogen-bond donors (Lipinski definition) is 2. The first-order chi connectivity index (χ1) is 12.5. The van der Waals surface area contributed by atoms with Crippen molar-refractivity contribution >= 4 is 23.0 Å². The normalized spacial score (nSPS) is 10.3. The van der Waals surface area contributed by atoms with Crippen LogP contribution in [0.3, 0.4) is 0 Å². The number of carbonyl (C=O) groups is 1. The SMILES string of the molecule is COCCNc1ccc([N+](=O)[O-])cc1C(=O)Nc1cc(C)ccc1OC. The van der Waals surface area contributed by atoms with Crippen molar-refractivity contribution in [3.63, 3.8) is 0 Å². The third-order valence-electron chi connectivity index (χ3n) is 3.68. The fraction of sp³-hybridized carbons (Fsp3) is 0.278. The van der Waals surface area contributed by atoms with Gasteiger partial charge < -0.3 is 20.1 Å². The van der Waals surface area contributed by atoms with Gasteiger partial charge in [-0.25, -0.2) is 0 Å². The molecule has 0 aliphatic carbocycles. The lowest BCUT2D eigenvalue weighted by molar-refractivity contribution is -0.384. The van der Waals surface area contributed by atoms with Gasteiger partial charge in [-0.3, -0.25) is 14.9 Å². The zero-order valence-electron chi connectivity index (χ0n) is 14.9. The Balaban J connectivity index is 2.34. The fourth-order valence-electron chi connectivity index (χ4n) is 2.38. The Kier molecular flexibility index (Phi) is 6.51. The molecule has 138 valence electrons. The van der Waals surface area contributed by atoms with Gasteiger partial charge >= 0.3 is 0 Å². The van der Waals surface area contributed by atoms with Crippen LogP contribution in [0.25, 0.3) is 0 Å². The molecule has 8 nitrogen and oxygen atoms in total. The van der Waals surface area contributed by atoms with Crippen LogP contribution >= 0.6 is 0 Å². The van der Waals surface area contributed by atoms with Crippen molar-refractivity contribution in [1.82, 2.24) is 0 Å². The van der Waals surface area contributed by atoms with Crippen molar-refractivity contribution in [2.75, 3.05) is 38.0 Å². The third kappa shape index (κ3) is 4.70. The topological polar surface area (TPSA) is 103 Å². The number of carbonyl (C=O) groups excluding carboxylic acids is 1.